The Hall–Kier alpha value is -3.91. The SMILES string of the molecule is CCCCc1ccc(C(=Cc2ccc(/C=N/N3CC(C)Cc4ccccc43)cc2)c2ccc(CCCC)cc2)cc1. The summed E-state index contributed by atoms with van der Waals surface area (Å²) in [6.07, 6.45) is 12.7. The molecule has 0 saturated heterocycles. The maximum absolute atomic E-state index is 4.88. The molecule has 2 heteroatoms. The molecule has 210 valence electrons. The molecule has 41 heavy (non-hydrogen) atoms. The molecule has 0 bridgehead atoms. The highest BCUT2D eigenvalue weighted by atomic mass is 15.5. The molecule has 0 fully saturated rings. The van der Waals surface area contributed by atoms with Crippen LogP contribution in [0.1, 0.15) is 85.4 Å². The van der Waals surface area contributed by atoms with Gasteiger partial charge in [-0.05, 0) is 94.7 Å². The lowest BCUT2D eigenvalue weighted by Gasteiger charge is -2.30. The minimum Gasteiger partial charge on any atom is -0.265 e. The number of para-hydroxylation sites is 1. The fourth-order valence-electron chi connectivity index (χ4n) is 5.66. The zero-order chi connectivity index (χ0) is 28.4. The van der Waals surface area contributed by atoms with Gasteiger partial charge in [0.2, 0.25) is 0 Å². The molecule has 5 rings (SSSR count). The number of anilines is 1. The highest BCUT2D eigenvalue weighted by Gasteiger charge is 2.20. The van der Waals surface area contributed by atoms with Crippen LogP contribution in [0.25, 0.3) is 11.6 Å². The first-order valence-electron chi connectivity index (χ1n) is 15.5. The lowest BCUT2D eigenvalue weighted by Crippen LogP contribution is -2.30. The quantitative estimate of drug-likeness (QED) is 0.136. The van der Waals surface area contributed by atoms with Crippen LogP contribution in [-0.2, 0) is 19.3 Å². The van der Waals surface area contributed by atoms with Crippen LogP contribution in [0.3, 0.4) is 0 Å². The Bertz CT molecular complexity index is 1390. The summed E-state index contributed by atoms with van der Waals surface area (Å²) >= 11 is 0. The first-order chi connectivity index (χ1) is 20.1. The molecule has 1 aliphatic heterocycles. The van der Waals surface area contributed by atoms with Crippen LogP contribution < -0.4 is 5.01 Å². The molecule has 4 aromatic rings. The lowest BCUT2D eigenvalue weighted by molar-refractivity contribution is 0.540. The topological polar surface area (TPSA) is 15.6 Å². The van der Waals surface area contributed by atoms with Crippen LogP contribution in [0.2, 0.25) is 0 Å². The van der Waals surface area contributed by atoms with Crippen LogP contribution >= 0.6 is 0 Å². The molecule has 0 spiro atoms. The number of aryl methyl sites for hydroxylation is 2. The Kier molecular flexibility index (Phi) is 9.86. The largest absolute Gasteiger partial charge is 0.265 e. The van der Waals surface area contributed by atoms with Gasteiger partial charge < -0.3 is 0 Å². The summed E-state index contributed by atoms with van der Waals surface area (Å²) in [4.78, 5) is 0. The second kappa shape index (κ2) is 14.1. The molecule has 0 aromatic heterocycles. The lowest BCUT2D eigenvalue weighted by atomic mass is 9.93. The Morgan fingerprint density at radius 3 is 1.88 bits per heavy atom. The Balaban J connectivity index is 1.39. The van der Waals surface area contributed by atoms with E-state index in [0.29, 0.717) is 5.92 Å². The molecule has 0 radical (unpaired) electrons. The molecule has 0 saturated carbocycles. The highest BCUT2D eigenvalue weighted by Crippen LogP contribution is 2.30. The van der Waals surface area contributed by atoms with Crippen molar-refractivity contribution >= 4 is 23.6 Å². The van der Waals surface area contributed by atoms with Gasteiger partial charge in [0.1, 0.15) is 0 Å². The first-order valence-corrected chi connectivity index (χ1v) is 15.5. The summed E-state index contributed by atoms with van der Waals surface area (Å²) in [5.41, 5.74) is 11.5. The number of hydrogen-bond acceptors (Lipinski definition) is 2. The smallest absolute Gasteiger partial charge is 0.0626 e. The number of rotatable bonds is 11. The van der Waals surface area contributed by atoms with Crippen molar-refractivity contribution in [2.45, 2.75) is 65.7 Å². The average Bonchev–Trinajstić information content (AvgIpc) is 3.01. The normalized spacial score (nSPS) is 14.7. The summed E-state index contributed by atoms with van der Waals surface area (Å²) in [5, 5.41) is 7.04. The highest BCUT2D eigenvalue weighted by molar-refractivity contribution is 5.92. The zero-order valence-electron chi connectivity index (χ0n) is 25.0. The Labute approximate surface area is 247 Å². The number of unbranched alkanes of at least 4 members (excludes halogenated alkanes) is 2. The summed E-state index contributed by atoms with van der Waals surface area (Å²) in [6.45, 7) is 7.76. The van der Waals surface area contributed by atoms with Crippen molar-refractivity contribution < 1.29 is 0 Å². The van der Waals surface area contributed by atoms with E-state index in [2.05, 4.69) is 129 Å². The third-order valence-electron chi connectivity index (χ3n) is 8.08. The van der Waals surface area contributed by atoms with E-state index in [9.17, 15) is 0 Å². The maximum atomic E-state index is 4.88. The summed E-state index contributed by atoms with van der Waals surface area (Å²) < 4.78 is 0. The van der Waals surface area contributed by atoms with Crippen LogP contribution in [0.15, 0.2) is 102 Å². The van der Waals surface area contributed by atoms with Gasteiger partial charge in [0, 0.05) is 6.54 Å². The second-order valence-corrected chi connectivity index (χ2v) is 11.6. The number of hydrogen-bond donors (Lipinski definition) is 0. The minimum atomic E-state index is 0.592. The molecular formula is C39H44N2. The van der Waals surface area contributed by atoms with E-state index in [1.807, 2.05) is 6.21 Å². The van der Waals surface area contributed by atoms with Gasteiger partial charge in [-0.15, -0.1) is 0 Å². The number of nitrogens with zero attached hydrogens (tertiary/aromatic N) is 2. The number of fused-ring (bicyclic) bond motifs is 1. The molecular weight excluding hydrogens is 496 g/mol. The predicted molar refractivity (Wildman–Crippen MR) is 178 cm³/mol. The fourth-order valence-corrected chi connectivity index (χ4v) is 5.66. The van der Waals surface area contributed by atoms with E-state index in [-0.39, 0.29) is 0 Å². The van der Waals surface area contributed by atoms with Crippen molar-refractivity contribution in [3.05, 3.63) is 136 Å². The first kappa shape index (κ1) is 28.6. The summed E-state index contributed by atoms with van der Waals surface area (Å²) in [5.74, 6) is 0.592. The van der Waals surface area contributed by atoms with E-state index >= 15 is 0 Å². The molecule has 1 heterocycles. The third kappa shape index (κ3) is 7.64. The van der Waals surface area contributed by atoms with Gasteiger partial charge in [-0.3, -0.25) is 5.01 Å². The van der Waals surface area contributed by atoms with Gasteiger partial charge in [0.25, 0.3) is 0 Å². The molecule has 4 aromatic carbocycles. The van der Waals surface area contributed by atoms with E-state index in [0.717, 1.165) is 31.4 Å². The second-order valence-electron chi connectivity index (χ2n) is 11.6. The van der Waals surface area contributed by atoms with Gasteiger partial charge in [-0.2, -0.15) is 5.10 Å². The molecule has 0 aliphatic carbocycles. The fraction of sp³-hybridized carbons (Fsp3) is 0.308. The van der Waals surface area contributed by atoms with E-state index in [1.165, 1.54) is 70.3 Å². The third-order valence-corrected chi connectivity index (χ3v) is 8.08. The van der Waals surface area contributed by atoms with Gasteiger partial charge in [-0.25, -0.2) is 0 Å². The average molecular weight is 541 g/mol. The van der Waals surface area contributed by atoms with Gasteiger partial charge >= 0.3 is 0 Å². The maximum Gasteiger partial charge on any atom is 0.0626 e. The van der Waals surface area contributed by atoms with Crippen molar-refractivity contribution in [2.75, 3.05) is 11.6 Å². The van der Waals surface area contributed by atoms with Crippen molar-refractivity contribution in [3.8, 4) is 0 Å². The van der Waals surface area contributed by atoms with E-state index < -0.39 is 0 Å². The zero-order valence-corrected chi connectivity index (χ0v) is 25.0. The summed E-state index contributed by atoms with van der Waals surface area (Å²) in [7, 11) is 0. The van der Waals surface area contributed by atoms with Crippen LogP contribution in [0, 0.1) is 5.92 Å². The standard InChI is InChI=1S/C39H44N2/c1-4-6-10-31-18-22-35(23-19-31)38(36-24-20-32(21-25-36)11-7-5-2)27-33-14-16-34(17-15-33)28-40-41-29-30(3)26-37-12-8-9-13-39(37)41/h8-9,12-25,27-28,30H,4-7,10-11,26,29H2,1-3H3/b40-28+. The van der Waals surface area contributed by atoms with Crippen LogP contribution in [0.5, 0.6) is 0 Å². The van der Waals surface area contributed by atoms with Gasteiger partial charge in [0.15, 0.2) is 0 Å². The molecule has 0 amide bonds. The van der Waals surface area contributed by atoms with Crippen molar-refractivity contribution in [3.63, 3.8) is 0 Å². The number of hydrazone groups is 1. The van der Waals surface area contributed by atoms with Gasteiger partial charge in [0.05, 0.1) is 11.9 Å². The van der Waals surface area contributed by atoms with Crippen LogP contribution in [0.4, 0.5) is 5.69 Å². The molecule has 1 aliphatic rings. The predicted octanol–water partition coefficient (Wildman–Crippen LogP) is 9.99. The Morgan fingerprint density at radius 2 is 1.29 bits per heavy atom. The van der Waals surface area contributed by atoms with Crippen molar-refractivity contribution in [1.29, 1.82) is 0 Å². The summed E-state index contributed by atoms with van der Waals surface area (Å²) in [6, 6.07) is 35.8. The molecule has 1 atom stereocenters. The molecule has 2 nitrogen and oxygen atoms in total. The minimum absolute atomic E-state index is 0.592. The van der Waals surface area contributed by atoms with Crippen molar-refractivity contribution in [1.82, 2.24) is 0 Å². The molecule has 1 unspecified atom stereocenters. The monoisotopic (exact) mass is 540 g/mol. The Morgan fingerprint density at radius 1 is 0.732 bits per heavy atom. The van der Waals surface area contributed by atoms with E-state index in [1.54, 1.807) is 0 Å². The van der Waals surface area contributed by atoms with Crippen LogP contribution in [-0.4, -0.2) is 12.8 Å². The van der Waals surface area contributed by atoms with Crippen molar-refractivity contribution in [2.24, 2.45) is 11.0 Å². The number of benzene rings is 4. The molecule has 0 N–H and O–H groups in total. The van der Waals surface area contributed by atoms with E-state index in [4.69, 9.17) is 5.10 Å². The van der Waals surface area contributed by atoms with Gasteiger partial charge in [-0.1, -0.05) is 125 Å².